The zero-order valence-corrected chi connectivity index (χ0v) is 17.1. The summed E-state index contributed by atoms with van der Waals surface area (Å²) in [7, 11) is 1.96. The van der Waals surface area contributed by atoms with E-state index in [1.165, 1.54) is 6.26 Å². The van der Waals surface area contributed by atoms with Gasteiger partial charge in [-0.1, -0.05) is 30.3 Å². The Bertz CT molecular complexity index is 929. The first kappa shape index (κ1) is 20.5. The molecule has 6 heteroatoms. The Balaban J connectivity index is 1.80. The molecule has 152 valence electrons. The number of aromatic nitrogens is 1. The number of hydrogen-bond acceptors (Lipinski definition) is 3. The second-order valence-corrected chi connectivity index (χ2v) is 7.35. The van der Waals surface area contributed by atoms with Gasteiger partial charge in [0.2, 0.25) is 5.91 Å². The summed E-state index contributed by atoms with van der Waals surface area (Å²) in [4.78, 5) is 29.4. The third kappa shape index (κ3) is 5.16. The smallest absolute Gasteiger partial charge is 0.290 e. The third-order valence-electron chi connectivity index (χ3n) is 4.89. The lowest BCUT2D eigenvalue weighted by molar-refractivity contribution is -0.133. The minimum Gasteiger partial charge on any atom is -0.459 e. The highest BCUT2D eigenvalue weighted by Gasteiger charge is 2.26. The molecule has 29 heavy (non-hydrogen) atoms. The summed E-state index contributed by atoms with van der Waals surface area (Å²) >= 11 is 0. The molecule has 3 rings (SSSR count). The lowest BCUT2D eigenvalue weighted by atomic mass is 10.2. The van der Waals surface area contributed by atoms with Crippen LogP contribution in [0.2, 0.25) is 0 Å². The zero-order chi connectivity index (χ0) is 20.8. The Morgan fingerprint density at radius 1 is 1.00 bits per heavy atom. The van der Waals surface area contributed by atoms with Gasteiger partial charge in [-0.3, -0.25) is 9.59 Å². The van der Waals surface area contributed by atoms with E-state index in [2.05, 4.69) is 0 Å². The SMILES string of the molecule is CC(C)N(CC(=O)N(Cc1ccccc1)Cc1cccn1C)C(=O)c1ccco1. The van der Waals surface area contributed by atoms with Crippen LogP contribution in [0.3, 0.4) is 0 Å². The number of nitrogens with zero attached hydrogens (tertiary/aromatic N) is 3. The number of carbonyl (C=O) groups is 2. The van der Waals surface area contributed by atoms with E-state index in [0.29, 0.717) is 13.1 Å². The van der Waals surface area contributed by atoms with Gasteiger partial charge in [0.1, 0.15) is 6.54 Å². The van der Waals surface area contributed by atoms with Crippen LogP contribution in [0, 0.1) is 0 Å². The molecule has 2 amide bonds. The third-order valence-corrected chi connectivity index (χ3v) is 4.89. The highest BCUT2D eigenvalue weighted by atomic mass is 16.3. The van der Waals surface area contributed by atoms with Crippen LogP contribution in [0.5, 0.6) is 0 Å². The summed E-state index contributed by atoms with van der Waals surface area (Å²) in [5.41, 5.74) is 2.08. The van der Waals surface area contributed by atoms with E-state index in [-0.39, 0.29) is 30.2 Å². The number of hydrogen-bond donors (Lipinski definition) is 0. The summed E-state index contributed by atoms with van der Waals surface area (Å²) in [6.07, 6.45) is 3.42. The molecule has 0 radical (unpaired) electrons. The molecule has 0 aliphatic heterocycles. The van der Waals surface area contributed by atoms with Crippen LogP contribution in [0.25, 0.3) is 0 Å². The summed E-state index contributed by atoms with van der Waals surface area (Å²) in [5, 5.41) is 0. The maximum atomic E-state index is 13.3. The van der Waals surface area contributed by atoms with Crippen molar-refractivity contribution in [1.29, 1.82) is 0 Å². The van der Waals surface area contributed by atoms with Crippen molar-refractivity contribution < 1.29 is 14.0 Å². The molecule has 0 fully saturated rings. The standard InChI is InChI=1S/C23H27N3O3/c1-18(2)26(23(28)21-12-8-14-29-21)17-22(27)25(15-19-9-5-4-6-10-19)16-20-11-7-13-24(20)3/h4-14,18H,15-17H2,1-3H3. The van der Waals surface area contributed by atoms with Gasteiger partial charge in [0.05, 0.1) is 12.8 Å². The molecule has 0 N–H and O–H groups in total. The van der Waals surface area contributed by atoms with Crippen LogP contribution in [0.4, 0.5) is 0 Å². The molecule has 1 aromatic carbocycles. The van der Waals surface area contributed by atoms with Crippen LogP contribution < -0.4 is 0 Å². The average molecular weight is 393 g/mol. The molecule has 0 aliphatic carbocycles. The van der Waals surface area contributed by atoms with Gasteiger partial charge in [-0.2, -0.15) is 0 Å². The predicted molar refractivity (Wildman–Crippen MR) is 111 cm³/mol. The molecule has 3 aromatic rings. The van der Waals surface area contributed by atoms with Crippen LogP contribution in [0.15, 0.2) is 71.5 Å². The molecule has 0 atom stereocenters. The number of benzene rings is 1. The van der Waals surface area contributed by atoms with Crippen LogP contribution >= 0.6 is 0 Å². The van der Waals surface area contributed by atoms with Gasteiger partial charge in [-0.25, -0.2) is 0 Å². The second-order valence-electron chi connectivity index (χ2n) is 7.35. The maximum Gasteiger partial charge on any atom is 0.290 e. The molecule has 0 saturated carbocycles. The first-order chi connectivity index (χ1) is 14.0. The van der Waals surface area contributed by atoms with Crippen molar-refractivity contribution in [3.63, 3.8) is 0 Å². The molecule has 0 spiro atoms. The Morgan fingerprint density at radius 3 is 2.34 bits per heavy atom. The Kier molecular flexibility index (Phi) is 6.54. The summed E-state index contributed by atoms with van der Waals surface area (Å²) in [5.74, 6) is -0.149. The van der Waals surface area contributed by atoms with Crippen LogP contribution in [-0.2, 0) is 24.9 Å². The molecule has 2 aromatic heterocycles. The van der Waals surface area contributed by atoms with E-state index in [4.69, 9.17) is 4.42 Å². The van der Waals surface area contributed by atoms with Crippen molar-refractivity contribution in [1.82, 2.24) is 14.4 Å². The van der Waals surface area contributed by atoms with Crippen LogP contribution in [0.1, 0.15) is 35.7 Å². The number of rotatable bonds is 8. The molecular weight excluding hydrogens is 366 g/mol. The lowest BCUT2D eigenvalue weighted by Gasteiger charge is -2.30. The monoisotopic (exact) mass is 393 g/mol. The first-order valence-electron chi connectivity index (χ1n) is 9.72. The van der Waals surface area contributed by atoms with E-state index in [1.807, 2.05) is 74.1 Å². The van der Waals surface area contributed by atoms with E-state index >= 15 is 0 Å². The van der Waals surface area contributed by atoms with Gasteiger partial charge >= 0.3 is 0 Å². The summed E-state index contributed by atoms with van der Waals surface area (Å²) < 4.78 is 7.25. The number of amides is 2. The molecule has 0 bridgehead atoms. The fraction of sp³-hybridized carbons (Fsp3) is 0.304. The second kappa shape index (κ2) is 9.28. The van der Waals surface area contributed by atoms with Gasteiger partial charge in [0.25, 0.3) is 5.91 Å². The van der Waals surface area contributed by atoms with Crippen molar-refractivity contribution in [2.45, 2.75) is 33.0 Å². The highest BCUT2D eigenvalue weighted by Crippen LogP contribution is 2.14. The van der Waals surface area contributed by atoms with E-state index in [0.717, 1.165) is 11.3 Å². The number of carbonyl (C=O) groups excluding carboxylic acids is 2. The number of aryl methyl sites for hydroxylation is 1. The molecule has 0 unspecified atom stereocenters. The van der Waals surface area contributed by atoms with Crippen LogP contribution in [-0.4, -0.2) is 38.8 Å². The molecule has 0 saturated heterocycles. The van der Waals surface area contributed by atoms with E-state index in [9.17, 15) is 9.59 Å². The largest absolute Gasteiger partial charge is 0.459 e. The minimum atomic E-state index is -0.281. The molecule has 6 nitrogen and oxygen atoms in total. The first-order valence-corrected chi connectivity index (χ1v) is 9.72. The van der Waals surface area contributed by atoms with Gasteiger partial charge < -0.3 is 18.8 Å². The van der Waals surface area contributed by atoms with Crippen molar-refractivity contribution in [2.24, 2.45) is 7.05 Å². The molecular formula is C23H27N3O3. The van der Waals surface area contributed by atoms with Gasteiger partial charge in [0, 0.05) is 31.5 Å². The topological polar surface area (TPSA) is 58.7 Å². The lowest BCUT2D eigenvalue weighted by Crippen LogP contribution is -2.45. The van der Waals surface area contributed by atoms with Gasteiger partial charge in [0.15, 0.2) is 5.76 Å². The highest BCUT2D eigenvalue weighted by molar-refractivity contribution is 5.94. The minimum absolute atomic E-state index is 0.00550. The van der Waals surface area contributed by atoms with E-state index < -0.39 is 0 Å². The zero-order valence-electron chi connectivity index (χ0n) is 17.1. The molecule has 2 heterocycles. The predicted octanol–water partition coefficient (Wildman–Crippen LogP) is 3.70. The van der Waals surface area contributed by atoms with Gasteiger partial charge in [-0.05, 0) is 43.7 Å². The normalized spacial score (nSPS) is 10.9. The summed E-state index contributed by atoms with van der Waals surface area (Å²) in [6.45, 7) is 4.73. The Labute approximate surface area is 171 Å². The van der Waals surface area contributed by atoms with Gasteiger partial charge in [-0.15, -0.1) is 0 Å². The Hall–Kier alpha value is -3.28. The Morgan fingerprint density at radius 2 is 1.76 bits per heavy atom. The van der Waals surface area contributed by atoms with Crippen molar-refractivity contribution in [3.8, 4) is 0 Å². The maximum absolute atomic E-state index is 13.3. The number of furan rings is 1. The van der Waals surface area contributed by atoms with Crippen molar-refractivity contribution >= 4 is 11.8 Å². The van der Waals surface area contributed by atoms with Crippen molar-refractivity contribution in [3.05, 3.63) is 84.1 Å². The summed E-state index contributed by atoms with van der Waals surface area (Å²) in [6, 6.07) is 17.0. The average Bonchev–Trinajstić information content (AvgIpc) is 3.38. The van der Waals surface area contributed by atoms with Crippen molar-refractivity contribution in [2.75, 3.05) is 6.54 Å². The fourth-order valence-corrected chi connectivity index (χ4v) is 3.17. The quantitative estimate of drug-likeness (QED) is 0.586. The van der Waals surface area contributed by atoms with E-state index in [1.54, 1.807) is 21.9 Å². The molecule has 0 aliphatic rings. The fourth-order valence-electron chi connectivity index (χ4n) is 3.17.